The Hall–Kier alpha value is -4.30. The lowest BCUT2D eigenvalue weighted by Gasteiger charge is -2.36. The average Bonchev–Trinajstić information content (AvgIpc) is 3.36. The minimum atomic E-state index is -1.91. The zero-order valence-corrected chi connectivity index (χ0v) is 24.6. The Morgan fingerprint density at radius 3 is 1.77 bits per heavy atom. The van der Waals surface area contributed by atoms with Gasteiger partial charge in [0.2, 0.25) is 23.7 Å². The molecule has 0 saturated heterocycles. The Bertz CT molecular complexity index is 1620. The van der Waals surface area contributed by atoms with E-state index in [0.29, 0.717) is 47.5 Å². The molecule has 0 unspecified atom stereocenters. The average molecular weight is 569 g/mol. The highest BCUT2D eigenvalue weighted by atomic mass is 28.4. The lowest BCUT2D eigenvalue weighted by atomic mass is 10.1. The first kappa shape index (κ1) is 28.7. The third-order valence-electron chi connectivity index (χ3n) is 7.24. The van der Waals surface area contributed by atoms with Crippen molar-refractivity contribution in [2.75, 3.05) is 31.8 Å². The number of hydrogen-bond donors (Lipinski definition) is 4. The van der Waals surface area contributed by atoms with Crippen LogP contribution in [0.5, 0.6) is 11.5 Å². The Morgan fingerprint density at radius 1 is 0.850 bits per heavy atom. The predicted molar refractivity (Wildman–Crippen MR) is 156 cm³/mol. The lowest BCUT2D eigenvalue weighted by molar-refractivity contribution is 0.0991. The molecule has 4 rings (SSSR count). The van der Waals surface area contributed by atoms with Gasteiger partial charge >= 0.3 is 0 Å². The standard InChI is InChI=1S/C26H36N8O5Si/c1-26(2,3)40(5,6)39-9-7-8-38-19-13-15(23(28)36)11-17-21(19)34(25(30)32-17)33-20-16(31-24(33)29)10-14(22(27)35)12-18(20)37-4/h10-13H,7-9H2,1-6H3,(H2,27,35)(H2,28,36)(H2,29,31)(H2,30,32). The van der Waals surface area contributed by atoms with Crippen LogP contribution in [0.3, 0.4) is 0 Å². The van der Waals surface area contributed by atoms with Crippen LogP contribution in [0.2, 0.25) is 18.1 Å². The molecule has 2 aromatic heterocycles. The van der Waals surface area contributed by atoms with E-state index >= 15 is 0 Å². The first-order valence-corrected chi connectivity index (χ1v) is 15.6. The van der Waals surface area contributed by atoms with E-state index in [4.69, 9.17) is 36.8 Å². The minimum absolute atomic E-state index is 0.0358. The first-order valence-electron chi connectivity index (χ1n) is 12.7. The van der Waals surface area contributed by atoms with Crippen LogP contribution >= 0.6 is 0 Å². The van der Waals surface area contributed by atoms with E-state index in [2.05, 4.69) is 43.8 Å². The zero-order valence-electron chi connectivity index (χ0n) is 23.6. The van der Waals surface area contributed by atoms with Crippen molar-refractivity contribution < 1.29 is 23.5 Å². The van der Waals surface area contributed by atoms with Gasteiger partial charge in [-0.05, 0) is 42.4 Å². The van der Waals surface area contributed by atoms with Crippen molar-refractivity contribution in [1.82, 2.24) is 19.3 Å². The molecule has 214 valence electrons. The van der Waals surface area contributed by atoms with Gasteiger partial charge in [-0.25, -0.2) is 19.3 Å². The number of carbonyl (C=O) groups excluding carboxylic acids is 2. The van der Waals surface area contributed by atoms with Crippen molar-refractivity contribution in [3.8, 4) is 11.5 Å². The molecule has 8 N–H and O–H groups in total. The Balaban J connectivity index is 1.80. The van der Waals surface area contributed by atoms with E-state index in [-0.39, 0.29) is 33.8 Å². The number of methoxy groups -OCH3 is 1. The van der Waals surface area contributed by atoms with Crippen molar-refractivity contribution in [2.24, 2.45) is 11.5 Å². The topological polar surface area (TPSA) is 202 Å². The summed E-state index contributed by atoms with van der Waals surface area (Å²) in [6.45, 7) is 11.7. The number of carbonyl (C=O) groups is 2. The van der Waals surface area contributed by atoms with Crippen LogP contribution in [0.15, 0.2) is 24.3 Å². The summed E-state index contributed by atoms with van der Waals surface area (Å²) in [5, 5.41) is 0.0899. The number of fused-ring (bicyclic) bond motifs is 2. The predicted octanol–water partition coefficient (Wildman–Crippen LogP) is 2.86. The molecule has 0 aliphatic rings. The lowest BCUT2D eigenvalue weighted by Crippen LogP contribution is -2.41. The molecule has 0 spiro atoms. The number of rotatable bonds is 10. The molecule has 0 bridgehead atoms. The fourth-order valence-electron chi connectivity index (χ4n) is 4.09. The molecule has 0 saturated carbocycles. The monoisotopic (exact) mass is 568 g/mol. The number of amides is 2. The van der Waals surface area contributed by atoms with Crippen LogP contribution in [0, 0.1) is 0 Å². The maximum Gasteiger partial charge on any atom is 0.248 e. The van der Waals surface area contributed by atoms with Gasteiger partial charge in [0.05, 0.1) is 24.8 Å². The normalized spacial score (nSPS) is 12.2. The van der Waals surface area contributed by atoms with Crippen molar-refractivity contribution in [3.63, 3.8) is 0 Å². The molecule has 0 atom stereocenters. The molecule has 2 aromatic carbocycles. The number of nitrogens with zero attached hydrogens (tertiary/aromatic N) is 4. The van der Waals surface area contributed by atoms with Crippen LogP contribution in [0.25, 0.3) is 22.1 Å². The van der Waals surface area contributed by atoms with Gasteiger partial charge in [0, 0.05) is 24.2 Å². The summed E-state index contributed by atoms with van der Waals surface area (Å²) in [5.41, 5.74) is 25.8. The molecule has 40 heavy (non-hydrogen) atoms. The number of nitrogens with two attached hydrogens (primary N) is 4. The van der Waals surface area contributed by atoms with Crippen LogP contribution in [-0.2, 0) is 4.43 Å². The molecule has 2 heterocycles. The van der Waals surface area contributed by atoms with Gasteiger partial charge in [0.25, 0.3) is 0 Å². The van der Waals surface area contributed by atoms with Crippen LogP contribution in [0.1, 0.15) is 47.9 Å². The first-order chi connectivity index (χ1) is 18.7. The Labute approximate surface area is 232 Å². The van der Waals surface area contributed by atoms with E-state index < -0.39 is 20.1 Å². The third-order valence-corrected chi connectivity index (χ3v) is 11.8. The summed E-state index contributed by atoms with van der Waals surface area (Å²) in [6, 6.07) is 6.06. The van der Waals surface area contributed by atoms with Crippen molar-refractivity contribution in [3.05, 3.63) is 35.4 Å². The molecule has 4 aromatic rings. The molecule has 0 radical (unpaired) electrons. The molecule has 0 aliphatic heterocycles. The van der Waals surface area contributed by atoms with E-state index in [9.17, 15) is 9.59 Å². The summed E-state index contributed by atoms with van der Waals surface area (Å²) in [5.74, 6) is -0.613. The van der Waals surface area contributed by atoms with E-state index in [0.717, 1.165) is 0 Å². The smallest absolute Gasteiger partial charge is 0.248 e. The molecule has 0 fully saturated rings. The second-order valence-corrected chi connectivity index (χ2v) is 15.8. The number of ether oxygens (including phenoxy) is 2. The van der Waals surface area contributed by atoms with Crippen molar-refractivity contribution in [1.29, 1.82) is 0 Å². The SMILES string of the molecule is COc1cc(C(N)=O)cc2nc(N)n(-n3c(N)nc4cc(C(N)=O)cc(OCCCO[Si](C)(C)C(C)(C)C)c43)c12. The number of imidazole rings is 2. The van der Waals surface area contributed by atoms with Gasteiger partial charge in [-0.15, -0.1) is 0 Å². The van der Waals surface area contributed by atoms with Crippen LogP contribution in [-0.4, -0.2) is 59.8 Å². The molecular formula is C26H36N8O5Si. The number of hydrogen-bond acceptors (Lipinski definition) is 9. The van der Waals surface area contributed by atoms with E-state index in [1.165, 1.54) is 40.7 Å². The van der Waals surface area contributed by atoms with Crippen molar-refractivity contribution >= 4 is 54.1 Å². The summed E-state index contributed by atoms with van der Waals surface area (Å²) in [7, 11) is -0.462. The zero-order chi connectivity index (χ0) is 29.6. The number of aromatic nitrogens is 4. The summed E-state index contributed by atoms with van der Waals surface area (Å²) < 4.78 is 21.0. The quantitative estimate of drug-likeness (QED) is 0.164. The van der Waals surface area contributed by atoms with Gasteiger partial charge in [-0.3, -0.25) is 9.59 Å². The second kappa shape index (κ2) is 10.4. The maximum absolute atomic E-state index is 12.1. The number of primary amides is 2. The number of nitrogen functional groups attached to an aromatic ring is 2. The fraction of sp³-hybridized carbons (Fsp3) is 0.385. The Kier molecular flexibility index (Phi) is 7.43. The molecule has 0 aliphatic carbocycles. The molecular weight excluding hydrogens is 532 g/mol. The minimum Gasteiger partial charge on any atom is -0.494 e. The fourth-order valence-corrected chi connectivity index (χ4v) is 5.18. The van der Waals surface area contributed by atoms with E-state index in [1.807, 2.05) is 0 Å². The third kappa shape index (κ3) is 5.14. The van der Waals surface area contributed by atoms with Gasteiger partial charge in [-0.2, -0.15) is 0 Å². The van der Waals surface area contributed by atoms with Gasteiger partial charge in [0.1, 0.15) is 22.5 Å². The summed E-state index contributed by atoms with van der Waals surface area (Å²) in [4.78, 5) is 32.8. The van der Waals surface area contributed by atoms with Gasteiger partial charge in [0.15, 0.2) is 8.32 Å². The number of benzene rings is 2. The highest BCUT2D eigenvalue weighted by Crippen LogP contribution is 2.37. The largest absolute Gasteiger partial charge is 0.494 e. The summed E-state index contributed by atoms with van der Waals surface area (Å²) in [6.07, 6.45) is 0.609. The van der Waals surface area contributed by atoms with E-state index in [1.54, 1.807) is 0 Å². The van der Waals surface area contributed by atoms with Gasteiger partial charge < -0.3 is 36.8 Å². The van der Waals surface area contributed by atoms with Crippen LogP contribution in [0.4, 0.5) is 11.9 Å². The van der Waals surface area contributed by atoms with Gasteiger partial charge in [-0.1, -0.05) is 20.8 Å². The highest BCUT2D eigenvalue weighted by molar-refractivity contribution is 6.74. The molecule has 14 heteroatoms. The Morgan fingerprint density at radius 2 is 1.32 bits per heavy atom. The maximum atomic E-state index is 12.1. The number of anilines is 2. The highest BCUT2D eigenvalue weighted by Gasteiger charge is 2.36. The molecule has 13 nitrogen and oxygen atoms in total. The van der Waals surface area contributed by atoms with Crippen molar-refractivity contribution in [2.45, 2.75) is 45.3 Å². The van der Waals surface area contributed by atoms with Crippen LogP contribution < -0.4 is 32.4 Å². The molecule has 2 amide bonds. The summed E-state index contributed by atoms with van der Waals surface area (Å²) >= 11 is 0. The second-order valence-electron chi connectivity index (χ2n) is 11.0.